The van der Waals surface area contributed by atoms with Gasteiger partial charge in [-0.2, -0.15) is 34.1 Å². The lowest BCUT2D eigenvalue weighted by Gasteiger charge is -2.25. The van der Waals surface area contributed by atoms with E-state index in [2.05, 4.69) is 5.10 Å². The maximum Gasteiger partial charge on any atom is 0.416 e. The molecular formula is C18H12ClF3N6. The normalized spacial score (nSPS) is 13.2. The number of aromatic nitrogens is 2. The van der Waals surface area contributed by atoms with E-state index in [4.69, 9.17) is 17.0 Å². The van der Waals surface area contributed by atoms with E-state index in [-0.39, 0.29) is 21.9 Å². The highest BCUT2D eigenvalue weighted by atomic mass is 35.5. The maximum atomic E-state index is 12.9. The largest absolute Gasteiger partial charge is 0.416 e. The molecule has 1 heterocycles. The Morgan fingerprint density at radius 3 is 2.29 bits per heavy atom. The van der Waals surface area contributed by atoms with Gasteiger partial charge in [0, 0.05) is 29.7 Å². The Morgan fingerprint density at radius 1 is 1.21 bits per heavy atom. The number of rotatable bonds is 5. The molecule has 1 aromatic carbocycles. The van der Waals surface area contributed by atoms with Crippen LogP contribution in [0.2, 0.25) is 5.02 Å². The van der Waals surface area contributed by atoms with Crippen molar-refractivity contribution >= 4 is 17.3 Å². The van der Waals surface area contributed by atoms with Gasteiger partial charge in [-0.15, -0.1) is 0 Å². The van der Waals surface area contributed by atoms with E-state index in [0.29, 0.717) is 6.07 Å². The van der Waals surface area contributed by atoms with Crippen molar-refractivity contribution in [3.8, 4) is 18.2 Å². The second-order valence-electron chi connectivity index (χ2n) is 5.92. The van der Waals surface area contributed by atoms with Gasteiger partial charge in [-0.25, -0.2) is 0 Å². The van der Waals surface area contributed by atoms with Crippen molar-refractivity contribution in [2.45, 2.75) is 12.1 Å². The predicted octanol–water partition coefficient (Wildman–Crippen LogP) is 4.05. The summed E-state index contributed by atoms with van der Waals surface area (Å²) in [5.74, 6) is -3.93. The van der Waals surface area contributed by atoms with Crippen molar-refractivity contribution in [1.29, 1.82) is 21.2 Å². The van der Waals surface area contributed by atoms with Gasteiger partial charge in [-0.1, -0.05) is 17.7 Å². The van der Waals surface area contributed by atoms with Gasteiger partial charge in [0.25, 0.3) is 0 Å². The van der Waals surface area contributed by atoms with E-state index < -0.39 is 29.5 Å². The molecule has 0 fully saturated rings. The summed E-state index contributed by atoms with van der Waals surface area (Å²) >= 11 is 6.03. The summed E-state index contributed by atoms with van der Waals surface area (Å²) in [5.41, 5.74) is -0.909. The summed E-state index contributed by atoms with van der Waals surface area (Å²) < 4.78 is 40.1. The summed E-state index contributed by atoms with van der Waals surface area (Å²) in [6, 6.07) is 7.85. The molecule has 0 aliphatic carbocycles. The highest BCUT2D eigenvalue weighted by Crippen LogP contribution is 2.40. The molecule has 28 heavy (non-hydrogen) atoms. The second kappa shape index (κ2) is 8.12. The lowest BCUT2D eigenvalue weighted by molar-refractivity contribution is -0.137. The summed E-state index contributed by atoms with van der Waals surface area (Å²) in [5, 5.41) is 40.2. The van der Waals surface area contributed by atoms with Crippen molar-refractivity contribution in [1.82, 2.24) is 9.78 Å². The summed E-state index contributed by atoms with van der Waals surface area (Å²) in [7, 11) is 1.61. The standard InChI is InChI=1S/C18H12ClF3N6/c1-28-9-11(8-27-28)17(26)14(7-25)16(10(5-23)6-24)13-3-2-12(4-15(13)19)18(20,21)22/h2-4,8-10,14,16,26H,1H3. The van der Waals surface area contributed by atoms with Crippen LogP contribution in [0.25, 0.3) is 0 Å². The fourth-order valence-corrected chi connectivity index (χ4v) is 3.09. The molecule has 6 nitrogen and oxygen atoms in total. The van der Waals surface area contributed by atoms with Crippen molar-refractivity contribution in [2.24, 2.45) is 18.9 Å². The molecular weight excluding hydrogens is 393 g/mol. The average molecular weight is 405 g/mol. The highest BCUT2D eigenvalue weighted by molar-refractivity contribution is 6.31. The first-order chi connectivity index (χ1) is 13.1. The van der Waals surface area contributed by atoms with Gasteiger partial charge >= 0.3 is 6.18 Å². The molecule has 2 unspecified atom stereocenters. The van der Waals surface area contributed by atoms with Gasteiger partial charge in [-0.3, -0.25) is 4.68 Å². The third-order valence-electron chi connectivity index (χ3n) is 4.15. The van der Waals surface area contributed by atoms with Crippen molar-refractivity contribution in [3.05, 3.63) is 52.3 Å². The third-order valence-corrected chi connectivity index (χ3v) is 4.48. The first kappa shape index (κ1) is 21.0. The van der Waals surface area contributed by atoms with Gasteiger partial charge in [0.15, 0.2) is 0 Å². The van der Waals surface area contributed by atoms with Crippen molar-refractivity contribution in [3.63, 3.8) is 0 Å². The molecule has 2 atom stereocenters. The maximum absolute atomic E-state index is 12.9. The number of benzene rings is 1. The Balaban J connectivity index is 2.60. The number of nitrogens with zero attached hydrogens (tertiary/aromatic N) is 5. The van der Waals surface area contributed by atoms with E-state index in [1.54, 1.807) is 19.2 Å². The Labute approximate surface area is 163 Å². The van der Waals surface area contributed by atoms with Gasteiger partial charge in [0.05, 0.1) is 41.6 Å². The third kappa shape index (κ3) is 4.14. The van der Waals surface area contributed by atoms with Crippen LogP contribution < -0.4 is 0 Å². The van der Waals surface area contributed by atoms with Gasteiger partial charge in [-0.05, 0) is 17.7 Å². The van der Waals surface area contributed by atoms with Crippen LogP contribution in [0.5, 0.6) is 0 Å². The number of hydrogen-bond acceptors (Lipinski definition) is 5. The minimum absolute atomic E-state index is 0.0166. The van der Waals surface area contributed by atoms with Gasteiger partial charge < -0.3 is 5.41 Å². The van der Waals surface area contributed by atoms with Crippen LogP contribution in [0, 0.1) is 51.2 Å². The average Bonchev–Trinajstić information content (AvgIpc) is 3.07. The van der Waals surface area contributed by atoms with Crippen LogP contribution in [0.3, 0.4) is 0 Å². The smallest absolute Gasteiger partial charge is 0.303 e. The Hall–Kier alpha value is -3.35. The van der Waals surface area contributed by atoms with Gasteiger partial charge in [0.2, 0.25) is 0 Å². The van der Waals surface area contributed by atoms with Crippen LogP contribution in [-0.2, 0) is 13.2 Å². The molecule has 10 heteroatoms. The molecule has 0 amide bonds. The first-order valence-electron chi connectivity index (χ1n) is 7.77. The molecule has 1 aromatic heterocycles. The zero-order valence-electron chi connectivity index (χ0n) is 14.4. The quantitative estimate of drug-likeness (QED) is 0.757. The molecule has 0 saturated heterocycles. The highest BCUT2D eigenvalue weighted by Gasteiger charge is 2.38. The van der Waals surface area contributed by atoms with E-state index in [0.717, 1.165) is 12.1 Å². The molecule has 2 rings (SSSR count). The molecule has 142 valence electrons. The van der Waals surface area contributed by atoms with Crippen LogP contribution in [-0.4, -0.2) is 15.5 Å². The number of halogens is 4. The van der Waals surface area contributed by atoms with Crippen molar-refractivity contribution < 1.29 is 13.2 Å². The first-order valence-corrected chi connectivity index (χ1v) is 8.14. The minimum Gasteiger partial charge on any atom is -0.303 e. The second-order valence-corrected chi connectivity index (χ2v) is 6.33. The number of alkyl halides is 3. The predicted molar refractivity (Wildman–Crippen MR) is 93.1 cm³/mol. The topological polar surface area (TPSA) is 113 Å². The number of hydrogen-bond donors (Lipinski definition) is 1. The zero-order valence-corrected chi connectivity index (χ0v) is 15.1. The molecule has 2 aromatic rings. The molecule has 1 N–H and O–H groups in total. The van der Waals surface area contributed by atoms with E-state index in [1.807, 2.05) is 6.07 Å². The van der Waals surface area contributed by atoms with E-state index in [9.17, 15) is 29.0 Å². The van der Waals surface area contributed by atoms with E-state index >= 15 is 0 Å². The summed E-state index contributed by atoms with van der Waals surface area (Å²) in [6.45, 7) is 0. The molecule has 0 bridgehead atoms. The number of nitriles is 3. The monoisotopic (exact) mass is 404 g/mol. The number of nitrogens with one attached hydrogen (secondary N) is 1. The molecule has 0 saturated carbocycles. The van der Waals surface area contributed by atoms with Crippen LogP contribution in [0.1, 0.15) is 22.6 Å². The zero-order chi connectivity index (χ0) is 21.1. The Bertz CT molecular complexity index is 1010. The minimum atomic E-state index is -4.63. The fourth-order valence-electron chi connectivity index (χ4n) is 2.78. The molecule has 0 radical (unpaired) electrons. The fraction of sp³-hybridized carbons (Fsp3) is 0.278. The Kier molecular flexibility index (Phi) is 6.08. The van der Waals surface area contributed by atoms with Crippen LogP contribution in [0.15, 0.2) is 30.6 Å². The lowest BCUT2D eigenvalue weighted by atomic mass is 9.75. The molecule has 0 aliphatic rings. The number of aryl methyl sites for hydroxylation is 1. The van der Waals surface area contributed by atoms with Crippen LogP contribution >= 0.6 is 11.6 Å². The molecule has 0 aliphatic heterocycles. The summed E-state index contributed by atoms with van der Waals surface area (Å²) in [4.78, 5) is 0. The molecule has 0 spiro atoms. The Morgan fingerprint density at radius 2 is 1.86 bits per heavy atom. The van der Waals surface area contributed by atoms with E-state index in [1.165, 1.54) is 17.1 Å². The van der Waals surface area contributed by atoms with Crippen molar-refractivity contribution in [2.75, 3.05) is 0 Å². The van der Waals surface area contributed by atoms with Crippen LogP contribution in [0.4, 0.5) is 13.2 Å². The SMILES string of the molecule is Cn1cc(C(=N)C(C#N)C(c2ccc(C(F)(F)F)cc2Cl)C(C#N)C#N)cn1. The summed E-state index contributed by atoms with van der Waals surface area (Å²) in [6.07, 6.45) is -1.81. The lowest BCUT2D eigenvalue weighted by Crippen LogP contribution is -2.26. The van der Waals surface area contributed by atoms with Gasteiger partial charge in [0.1, 0.15) is 5.92 Å².